The number of fused-ring (bicyclic) bond motifs is 1. The topological polar surface area (TPSA) is 107 Å². The SMILES string of the molecule is Cc1nc(COc2ccccc2C(=O)OCc2nc3scc(-c4ccco4)c3c(=O)[nH]2)cs1. The lowest BCUT2D eigenvalue weighted by Crippen LogP contribution is -2.14. The molecular weight excluding hydrogens is 462 g/mol. The molecule has 4 heterocycles. The lowest BCUT2D eigenvalue weighted by Gasteiger charge is -2.10. The molecule has 0 saturated heterocycles. The largest absolute Gasteiger partial charge is 0.486 e. The van der Waals surface area contributed by atoms with E-state index in [2.05, 4.69) is 15.0 Å². The Labute approximate surface area is 195 Å². The second kappa shape index (κ2) is 9.00. The van der Waals surface area contributed by atoms with E-state index in [4.69, 9.17) is 13.9 Å². The number of carbonyl (C=O) groups excluding carboxylic acids is 1. The number of nitrogens with zero attached hydrogens (tertiary/aromatic N) is 2. The standard InChI is InChI=1S/C23H17N3O5S2/c1-13-24-14(11-32-13)9-30-17-6-3-2-5-15(17)23(28)31-10-19-25-21(27)20-16(12-33-22(20)26-19)18-7-4-8-29-18/h2-8,11-12H,9-10H2,1H3,(H,25,26,27). The molecular formula is C23H17N3O5S2. The number of hydrogen-bond donors (Lipinski definition) is 1. The van der Waals surface area contributed by atoms with Gasteiger partial charge in [-0.1, -0.05) is 12.1 Å². The molecule has 1 N–H and O–H groups in total. The Morgan fingerprint density at radius 3 is 2.76 bits per heavy atom. The van der Waals surface area contributed by atoms with Gasteiger partial charge in [-0.3, -0.25) is 4.79 Å². The molecule has 0 aliphatic rings. The predicted molar refractivity (Wildman–Crippen MR) is 125 cm³/mol. The Morgan fingerprint density at radius 2 is 1.97 bits per heavy atom. The molecule has 4 aromatic heterocycles. The molecule has 0 amide bonds. The summed E-state index contributed by atoms with van der Waals surface area (Å²) in [5, 5.41) is 5.12. The van der Waals surface area contributed by atoms with Crippen molar-refractivity contribution >= 4 is 38.9 Å². The van der Waals surface area contributed by atoms with Crippen molar-refractivity contribution in [1.29, 1.82) is 0 Å². The number of aromatic amines is 1. The van der Waals surface area contributed by atoms with Gasteiger partial charge in [-0.15, -0.1) is 22.7 Å². The highest BCUT2D eigenvalue weighted by atomic mass is 32.1. The van der Waals surface area contributed by atoms with E-state index in [9.17, 15) is 9.59 Å². The molecule has 5 aromatic rings. The van der Waals surface area contributed by atoms with Crippen molar-refractivity contribution in [3.8, 4) is 17.1 Å². The van der Waals surface area contributed by atoms with Crippen LogP contribution in [0.5, 0.6) is 5.75 Å². The second-order valence-corrected chi connectivity index (χ2v) is 8.96. The number of thiophene rings is 1. The van der Waals surface area contributed by atoms with Crippen molar-refractivity contribution < 1.29 is 18.7 Å². The van der Waals surface area contributed by atoms with Crippen LogP contribution in [0.4, 0.5) is 0 Å². The number of ether oxygens (including phenoxy) is 2. The van der Waals surface area contributed by atoms with Crippen molar-refractivity contribution in [3.63, 3.8) is 0 Å². The van der Waals surface area contributed by atoms with Crippen LogP contribution >= 0.6 is 22.7 Å². The first kappa shape index (κ1) is 21.1. The van der Waals surface area contributed by atoms with Crippen LogP contribution in [0.3, 0.4) is 0 Å². The van der Waals surface area contributed by atoms with E-state index in [0.29, 0.717) is 27.3 Å². The van der Waals surface area contributed by atoms with Crippen LogP contribution in [0.15, 0.2) is 62.6 Å². The quantitative estimate of drug-likeness (QED) is 0.329. The molecule has 0 atom stereocenters. The fraction of sp³-hybridized carbons (Fsp3) is 0.130. The van der Waals surface area contributed by atoms with Crippen molar-refractivity contribution in [1.82, 2.24) is 15.0 Å². The van der Waals surface area contributed by atoms with Gasteiger partial charge in [0.15, 0.2) is 0 Å². The van der Waals surface area contributed by atoms with Gasteiger partial charge < -0.3 is 18.9 Å². The summed E-state index contributed by atoms with van der Waals surface area (Å²) in [4.78, 5) is 37.4. The summed E-state index contributed by atoms with van der Waals surface area (Å²) in [5.74, 6) is 0.666. The number of H-pyrrole nitrogens is 1. The molecule has 8 nitrogen and oxygen atoms in total. The minimum atomic E-state index is -0.578. The van der Waals surface area contributed by atoms with Gasteiger partial charge in [-0.25, -0.2) is 14.8 Å². The number of furan rings is 1. The maximum Gasteiger partial charge on any atom is 0.342 e. The van der Waals surface area contributed by atoms with Gasteiger partial charge in [-0.2, -0.15) is 0 Å². The van der Waals surface area contributed by atoms with E-state index in [0.717, 1.165) is 10.7 Å². The van der Waals surface area contributed by atoms with Gasteiger partial charge in [-0.05, 0) is 31.2 Å². The van der Waals surface area contributed by atoms with Crippen LogP contribution < -0.4 is 10.3 Å². The van der Waals surface area contributed by atoms with Crippen molar-refractivity contribution in [2.24, 2.45) is 0 Å². The Hall–Kier alpha value is -3.76. The summed E-state index contributed by atoms with van der Waals surface area (Å²) in [6.45, 7) is 1.98. The van der Waals surface area contributed by atoms with Crippen LogP contribution in [-0.2, 0) is 18.0 Å². The van der Waals surface area contributed by atoms with Crippen LogP contribution in [-0.4, -0.2) is 20.9 Å². The summed E-state index contributed by atoms with van der Waals surface area (Å²) < 4.78 is 16.6. The molecule has 0 saturated carbocycles. The minimum Gasteiger partial charge on any atom is -0.486 e. The highest BCUT2D eigenvalue weighted by molar-refractivity contribution is 7.17. The number of para-hydroxylation sites is 1. The molecule has 0 aliphatic carbocycles. The molecule has 33 heavy (non-hydrogen) atoms. The summed E-state index contributed by atoms with van der Waals surface area (Å²) in [6.07, 6.45) is 1.55. The summed E-state index contributed by atoms with van der Waals surface area (Å²) in [6, 6.07) is 10.4. The second-order valence-electron chi connectivity index (χ2n) is 7.04. The van der Waals surface area contributed by atoms with Crippen molar-refractivity contribution in [2.75, 3.05) is 0 Å². The van der Waals surface area contributed by atoms with Crippen molar-refractivity contribution in [3.05, 3.63) is 85.9 Å². The van der Waals surface area contributed by atoms with Crippen LogP contribution in [0.1, 0.15) is 26.9 Å². The van der Waals surface area contributed by atoms with Gasteiger partial charge in [0, 0.05) is 16.3 Å². The summed E-state index contributed by atoms with van der Waals surface area (Å²) >= 11 is 2.86. The Morgan fingerprint density at radius 1 is 1.09 bits per heavy atom. The Bertz CT molecular complexity index is 1480. The first-order valence-corrected chi connectivity index (χ1v) is 11.7. The van der Waals surface area contributed by atoms with E-state index in [1.165, 1.54) is 22.7 Å². The molecule has 5 rings (SSSR count). The molecule has 0 aliphatic heterocycles. The van der Waals surface area contributed by atoms with Crippen LogP contribution in [0.25, 0.3) is 21.5 Å². The number of benzene rings is 1. The highest BCUT2D eigenvalue weighted by Crippen LogP contribution is 2.31. The first-order valence-electron chi connectivity index (χ1n) is 9.92. The first-order chi connectivity index (χ1) is 16.1. The van der Waals surface area contributed by atoms with E-state index in [-0.39, 0.29) is 30.2 Å². The number of carbonyl (C=O) groups is 1. The van der Waals surface area contributed by atoms with E-state index < -0.39 is 5.97 Å². The third-order valence-corrected chi connectivity index (χ3v) is 6.46. The normalized spacial score (nSPS) is 11.1. The number of aryl methyl sites for hydroxylation is 1. The zero-order valence-electron chi connectivity index (χ0n) is 17.4. The Kier molecular flexibility index (Phi) is 5.76. The van der Waals surface area contributed by atoms with Gasteiger partial charge in [0.1, 0.15) is 40.9 Å². The fourth-order valence-corrected chi connectivity index (χ4v) is 4.82. The minimum absolute atomic E-state index is 0.183. The lowest BCUT2D eigenvalue weighted by molar-refractivity contribution is 0.0457. The summed E-state index contributed by atoms with van der Waals surface area (Å²) in [7, 11) is 0. The molecule has 166 valence electrons. The third-order valence-electron chi connectivity index (χ3n) is 4.77. The maximum atomic E-state index is 12.7. The van der Waals surface area contributed by atoms with E-state index >= 15 is 0 Å². The van der Waals surface area contributed by atoms with E-state index in [1.807, 2.05) is 17.7 Å². The molecule has 0 spiro atoms. The highest BCUT2D eigenvalue weighted by Gasteiger charge is 2.17. The van der Waals surface area contributed by atoms with Gasteiger partial charge in [0.25, 0.3) is 5.56 Å². The summed E-state index contributed by atoms with van der Waals surface area (Å²) in [5.41, 5.74) is 1.43. The van der Waals surface area contributed by atoms with Crippen LogP contribution in [0.2, 0.25) is 0 Å². The van der Waals surface area contributed by atoms with Gasteiger partial charge in [0.05, 0.1) is 22.4 Å². The third kappa shape index (κ3) is 4.43. The smallest absolute Gasteiger partial charge is 0.342 e. The number of nitrogens with one attached hydrogen (secondary N) is 1. The number of thiazole rings is 1. The molecule has 0 fully saturated rings. The molecule has 0 radical (unpaired) electrons. The van der Waals surface area contributed by atoms with Crippen LogP contribution in [0, 0.1) is 6.92 Å². The molecule has 10 heteroatoms. The average Bonchev–Trinajstić information content (AvgIpc) is 3.57. The number of hydrogen-bond acceptors (Lipinski definition) is 9. The maximum absolute atomic E-state index is 12.7. The molecule has 1 aromatic carbocycles. The average molecular weight is 480 g/mol. The van der Waals surface area contributed by atoms with Gasteiger partial charge in [0.2, 0.25) is 0 Å². The predicted octanol–water partition coefficient (Wildman–Crippen LogP) is 4.95. The monoisotopic (exact) mass is 479 g/mol. The zero-order valence-corrected chi connectivity index (χ0v) is 19.0. The van der Waals surface area contributed by atoms with E-state index in [1.54, 1.807) is 42.7 Å². The zero-order chi connectivity index (χ0) is 22.8. The molecule has 0 unspecified atom stereocenters. The fourth-order valence-electron chi connectivity index (χ4n) is 3.27. The number of esters is 1. The molecule has 0 bridgehead atoms. The lowest BCUT2D eigenvalue weighted by atomic mass is 10.2. The number of aromatic nitrogens is 3. The number of rotatable bonds is 7. The van der Waals surface area contributed by atoms with Crippen molar-refractivity contribution in [2.45, 2.75) is 20.1 Å². The van der Waals surface area contributed by atoms with Gasteiger partial charge >= 0.3 is 5.97 Å². The Balaban J connectivity index is 1.31.